The molecule has 0 radical (unpaired) electrons. The molecule has 2 atom stereocenters. The zero-order valence-corrected chi connectivity index (χ0v) is 6.93. The van der Waals surface area contributed by atoms with E-state index >= 15 is 0 Å². The van der Waals surface area contributed by atoms with Crippen molar-refractivity contribution in [2.24, 2.45) is 0 Å². The van der Waals surface area contributed by atoms with Gasteiger partial charge in [-0.3, -0.25) is 0 Å². The molecular formula is C9H17N. The molecule has 1 aliphatic heterocycles. The average Bonchev–Trinajstić information content (AvgIpc) is 1.88. The Hall–Kier alpha value is -0.300. The van der Waals surface area contributed by atoms with Crippen LogP contribution in [0.5, 0.6) is 0 Å². The van der Waals surface area contributed by atoms with E-state index in [9.17, 15) is 0 Å². The second-order valence-electron chi connectivity index (χ2n) is 3.10. The minimum atomic E-state index is 0.588. The molecule has 1 heteroatoms. The Balaban J connectivity index is 2.29. The molecule has 0 aromatic carbocycles. The number of hydrogen-bond donors (Lipinski definition) is 1. The Morgan fingerprint density at radius 1 is 1.60 bits per heavy atom. The van der Waals surface area contributed by atoms with Crippen LogP contribution in [-0.2, 0) is 0 Å². The van der Waals surface area contributed by atoms with E-state index in [2.05, 4.69) is 31.3 Å². The maximum Gasteiger partial charge on any atom is 0.0224 e. The molecule has 0 bridgehead atoms. The highest BCUT2D eigenvalue weighted by molar-refractivity contribution is 4.99. The van der Waals surface area contributed by atoms with Crippen molar-refractivity contribution in [1.29, 1.82) is 0 Å². The lowest BCUT2D eigenvalue weighted by atomic mass is 10.0. The Labute approximate surface area is 63.5 Å². The first-order valence-corrected chi connectivity index (χ1v) is 4.25. The first kappa shape index (κ1) is 7.80. The molecule has 0 saturated carbocycles. The van der Waals surface area contributed by atoms with E-state index in [1.165, 1.54) is 19.3 Å². The molecule has 0 saturated heterocycles. The molecule has 0 fully saturated rings. The van der Waals surface area contributed by atoms with E-state index in [0.717, 1.165) is 6.04 Å². The summed E-state index contributed by atoms with van der Waals surface area (Å²) in [4.78, 5) is 0. The monoisotopic (exact) mass is 139 g/mol. The molecule has 1 nitrogen and oxygen atoms in total. The van der Waals surface area contributed by atoms with E-state index in [-0.39, 0.29) is 0 Å². The van der Waals surface area contributed by atoms with Crippen molar-refractivity contribution in [1.82, 2.24) is 5.32 Å². The van der Waals surface area contributed by atoms with Gasteiger partial charge in [0.25, 0.3) is 0 Å². The minimum Gasteiger partial charge on any atom is -0.308 e. The maximum absolute atomic E-state index is 3.53. The highest BCUT2D eigenvalue weighted by atomic mass is 14.9. The summed E-state index contributed by atoms with van der Waals surface area (Å²) < 4.78 is 0. The maximum atomic E-state index is 3.53. The molecule has 0 aromatic heterocycles. The van der Waals surface area contributed by atoms with Crippen molar-refractivity contribution in [3.05, 3.63) is 12.2 Å². The van der Waals surface area contributed by atoms with Gasteiger partial charge in [-0.1, -0.05) is 25.5 Å². The predicted octanol–water partition coefficient (Wildman–Crippen LogP) is 2.09. The normalized spacial score (nSPS) is 32.6. The van der Waals surface area contributed by atoms with Crippen LogP contribution in [-0.4, -0.2) is 12.1 Å². The van der Waals surface area contributed by atoms with Crippen LogP contribution in [0.2, 0.25) is 0 Å². The zero-order valence-electron chi connectivity index (χ0n) is 6.93. The van der Waals surface area contributed by atoms with E-state index in [4.69, 9.17) is 0 Å². The van der Waals surface area contributed by atoms with Gasteiger partial charge in [-0.2, -0.15) is 0 Å². The van der Waals surface area contributed by atoms with Gasteiger partial charge < -0.3 is 5.32 Å². The molecule has 1 aliphatic rings. The summed E-state index contributed by atoms with van der Waals surface area (Å²) in [6.07, 6.45) is 8.36. The smallest absolute Gasteiger partial charge is 0.0224 e. The van der Waals surface area contributed by atoms with Crippen LogP contribution in [0, 0.1) is 0 Å². The first-order valence-electron chi connectivity index (χ1n) is 4.25. The lowest BCUT2D eigenvalue weighted by molar-refractivity contribution is 0.439. The highest BCUT2D eigenvalue weighted by Gasteiger charge is 2.11. The molecule has 0 aliphatic carbocycles. The largest absolute Gasteiger partial charge is 0.308 e. The topological polar surface area (TPSA) is 12.0 Å². The molecule has 0 amide bonds. The molecular weight excluding hydrogens is 122 g/mol. The highest BCUT2D eigenvalue weighted by Crippen LogP contribution is 2.08. The van der Waals surface area contributed by atoms with Crippen LogP contribution in [0.3, 0.4) is 0 Å². The Morgan fingerprint density at radius 3 is 3.00 bits per heavy atom. The fourth-order valence-electron chi connectivity index (χ4n) is 1.49. The number of nitrogens with one attached hydrogen (secondary N) is 1. The second kappa shape index (κ2) is 3.77. The Bertz CT molecular complexity index is 118. The van der Waals surface area contributed by atoms with Gasteiger partial charge in [-0.05, 0) is 19.8 Å². The molecule has 2 unspecified atom stereocenters. The van der Waals surface area contributed by atoms with Crippen LogP contribution in [0.15, 0.2) is 12.2 Å². The van der Waals surface area contributed by atoms with Crippen LogP contribution in [0.1, 0.15) is 33.1 Å². The third-order valence-electron chi connectivity index (χ3n) is 1.98. The van der Waals surface area contributed by atoms with Crippen molar-refractivity contribution in [2.75, 3.05) is 0 Å². The van der Waals surface area contributed by atoms with Crippen molar-refractivity contribution in [3.8, 4) is 0 Å². The lowest BCUT2D eigenvalue weighted by Crippen LogP contribution is -2.37. The average molecular weight is 139 g/mol. The molecule has 0 aromatic rings. The molecule has 58 valence electrons. The third-order valence-corrected chi connectivity index (χ3v) is 1.98. The van der Waals surface area contributed by atoms with Crippen LogP contribution in [0.4, 0.5) is 0 Å². The summed E-state index contributed by atoms with van der Waals surface area (Å²) >= 11 is 0. The summed E-state index contributed by atoms with van der Waals surface area (Å²) in [5.74, 6) is 0. The molecule has 1 rings (SSSR count). The summed E-state index contributed by atoms with van der Waals surface area (Å²) in [5.41, 5.74) is 0. The van der Waals surface area contributed by atoms with Crippen LogP contribution in [0.25, 0.3) is 0 Å². The van der Waals surface area contributed by atoms with E-state index in [0.29, 0.717) is 6.04 Å². The van der Waals surface area contributed by atoms with Gasteiger partial charge in [0.15, 0.2) is 0 Å². The van der Waals surface area contributed by atoms with E-state index in [1.807, 2.05) is 0 Å². The van der Waals surface area contributed by atoms with Crippen molar-refractivity contribution in [2.45, 2.75) is 45.2 Å². The van der Waals surface area contributed by atoms with Crippen molar-refractivity contribution in [3.63, 3.8) is 0 Å². The van der Waals surface area contributed by atoms with Crippen LogP contribution >= 0.6 is 0 Å². The Morgan fingerprint density at radius 2 is 2.40 bits per heavy atom. The SMILES string of the molecule is CCCC1CC=CC(C)N1. The van der Waals surface area contributed by atoms with Crippen molar-refractivity contribution < 1.29 is 0 Å². The minimum absolute atomic E-state index is 0.588. The molecule has 1 N–H and O–H groups in total. The lowest BCUT2D eigenvalue weighted by Gasteiger charge is -2.23. The van der Waals surface area contributed by atoms with Gasteiger partial charge in [-0.15, -0.1) is 0 Å². The molecule has 1 heterocycles. The Kier molecular flexibility index (Phi) is 2.94. The van der Waals surface area contributed by atoms with Crippen LogP contribution < -0.4 is 5.32 Å². The fraction of sp³-hybridized carbons (Fsp3) is 0.778. The standard InChI is InChI=1S/C9H17N/c1-3-5-9-7-4-6-8(2)10-9/h4,6,8-10H,3,5,7H2,1-2H3. The summed E-state index contributed by atoms with van der Waals surface area (Å²) in [7, 11) is 0. The zero-order chi connectivity index (χ0) is 7.40. The quantitative estimate of drug-likeness (QED) is 0.578. The van der Waals surface area contributed by atoms with Gasteiger partial charge in [0.2, 0.25) is 0 Å². The molecule has 0 spiro atoms. The van der Waals surface area contributed by atoms with E-state index in [1.54, 1.807) is 0 Å². The number of rotatable bonds is 2. The van der Waals surface area contributed by atoms with Gasteiger partial charge in [0.05, 0.1) is 0 Å². The van der Waals surface area contributed by atoms with Crippen molar-refractivity contribution >= 4 is 0 Å². The number of hydrogen-bond acceptors (Lipinski definition) is 1. The van der Waals surface area contributed by atoms with Gasteiger partial charge in [0.1, 0.15) is 0 Å². The summed E-state index contributed by atoms with van der Waals surface area (Å²) in [5, 5.41) is 3.53. The fourth-order valence-corrected chi connectivity index (χ4v) is 1.49. The predicted molar refractivity (Wildman–Crippen MR) is 45.1 cm³/mol. The molecule has 10 heavy (non-hydrogen) atoms. The second-order valence-corrected chi connectivity index (χ2v) is 3.10. The van der Waals surface area contributed by atoms with Gasteiger partial charge in [0, 0.05) is 12.1 Å². The van der Waals surface area contributed by atoms with Gasteiger partial charge >= 0.3 is 0 Å². The van der Waals surface area contributed by atoms with E-state index < -0.39 is 0 Å². The van der Waals surface area contributed by atoms with Gasteiger partial charge in [-0.25, -0.2) is 0 Å². The summed E-state index contributed by atoms with van der Waals surface area (Å²) in [6.45, 7) is 4.45. The summed E-state index contributed by atoms with van der Waals surface area (Å²) in [6, 6.07) is 1.33. The first-order chi connectivity index (χ1) is 4.83. The third kappa shape index (κ3) is 2.14.